The highest BCUT2D eigenvalue weighted by Crippen LogP contribution is 2.21. The van der Waals surface area contributed by atoms with Crippen molar-refractivity contribution in [3.8, 4) is 0 Å². The van der Waals surface area contributed by atoms with E-state index in [0.29, 0.717) is 13.2 Å². The van der Waals surface area contributed by atoms with Gasteiger partial charge in [0.15, 0.2) is 0 Å². The molecule has 0 aromatic rings. The quantitative estimate of drug-likeness (QED) is 0.359. The average Bonchev–Trinajstić information content (AvgIpc) is 2.57. The molecule has 0 aliphatic heterocycles. The number of methoxy groups -OCH3 is 1. The lowest BCUT2D eigenvalue weighted by Crippen LogP contribution is -2.50. The van der Waals surface area contributed by atoms with Gasteiger partial charge >= 0.3 is 12.1 Å². The van der Waals surface area contributed by atoms with Gasteiger partial charge in [-0.15, -0.1) is 0 Å². The molecule has 0 aliphatic carbocycles. The van der Waals surface area contributed by atoms with Crippen molar-refractivity contribution in [2.45, 2.75) is 85.1 Å². The normalized spacial score (nSPS) is 12.5. The van der Waals surface area contributed by atoms with Crippen LogP contribution < -0.4 is 5.32 Å². The van der Waals surface area contributed by atoms with E-state index in [1.54, 1.807) is 0 Å². The molecular weight excluding hydrogens is 334 g/mol. The van der Waals surface area contributed by atoms with Crippen molar-refractivity contribution in [3.05, 3.63) is 0 Å². The van der Waals surface area contributed by atoms with E-state index in [9.17, 15) is 9.59 Å². The van der Waals surface area contributed by atoms with Crippen LogP contribution in [0.4, 0.5) is 4.79 Å². The van der Waals surface area contributed by atoms with E-state index in [4.69, 9.17) is 14.2 Å². The maximum absolute atomic E-state index is 12.3. The highest BCUT2D eigenvalue weighted by molar-refractivity contribution is 5.82. The molecule has 1 N–H and O–H groups in total. The zero-order valence-electron chi connectivity index (χ0n) is 17.4. The van der Waals surface area contributed by atoms with E-state index < -0.39 is 23.5 Å². The number of amides is 1. The summed E-state index contributed by atoms with van der Waals surface area (Å²) in [6.07, 6.45) is 8.87. The minimum absolute atomic E-state index is 0.145. The number of unbranched alkanes of at least 4 members (excludes halogenated alkanes) is 7. The zero-order chi connectivity index (χ0) is 19.8. The molecule has 6 nitrogen and oxygen atoms in total. The first-order valence-corrected chi connectivity index (χ1v) is 9.91. The first-order chi connectivity index (χ1) is 12.3. The van der Waals surface area contributed by atoms with Crippen LogP contribution in [0.25, 0.3) is 0 Å². The van der Waals surface area contributed by atoms with Crippen LogP contribution in [0.2, 0.25) is 0 Å². The number of hydrogen-bond donors (Lipinski definition) is 1. The highest BCUT2D eigenvalue weighted by atomic mass is 16.6. The largest absolute Gasteiger partial charge is 0.464 e. The Morgan fingerprint density at radius 2 is 1.42 bits per heavy atom. The molecule has 26 heavy (non-hydrogen) atoms. The van der Waals surface area contributed by atoms with E-state index in [1.165, 1.54) is 45.6 Å². The van der Waals surface area contributed by atoms with Gasteiger partial charge in [-0.3, -0.25) is 0 Å². The lowest BCUT2D eigenvalue weighted by Gasteiger charge is -2.29. The summed E-state index contributed by atoms with van der Waals surface area (Å²) >= 11 is 0. The number of alkyl carbamates (subject to hydrolysis) is 1. The average molecular weight is 374 g/mol. The molecule has 0 heterocycles. The van der Waals surface area contributed by atoms with Crippen LogP contribution in [0, 0.1) is 5.41 Å². The predicted octanol–water partition coefficient (Wildman–Crippen LogP) is 4.46. The zero-order valence-corrected chi connectivity index (χ0v) is 17.4. The summed E-state index contributed by atoms with van der Waals surface area (Å²) in [5.74, 6) is -0.413. The monoisotopic (exact) mass is 373 g/mol. The van der Waals surface area contributed by atoms with Crippen LogP contribution in [-0.4, -0.2) is 45.0 Å². The molecule has 0 aromatic heterocycles. The second-order valence-corrected chi connectivity index (χ2v) is 7.71. The van der Waals surface area contributed by atoms with Crippen LogP contribution >= 0.6 is 0 Å². The summed E-state index contributed by atoms with van der Waals surface area (Å²) in [7, 11) is 1.53. The number of hydrogen-bond acceptors (Lipinski definition) is 5. The molecule has 1 amide bonds. The predicted molar refractivity (Wildman–Crippen MR) is 103 cm³/mol. The van der Waals surface area contributed by atoms with Crippen molar-refractivity contribution < 1.29 is 23.8 Å². The Kier molecular flexibility index (Phi) is 14.1. The van der Waals surface area contributed by atoms with Crippen molar-refractivity contribution in [2.24, 2.45) is 5.41 Å². The third-order valence-electron chi connectivity index (χ3n) is 4.13. The SMILES string of the molecule is CCCCCCCCCCOC(=O)C(NC(=O)OCCOC)C(C)(C)C. The van der Waals surface area contributed by atoms with Gasteiger partial charge in [-0.2, -0.15) is 0 Å². The van der Waals surface area contributed by atoms with Crippen LogP contribution in [0.1, 0.15) is 79.1 Å². The Bertz CT molecular complexity index is 379. The van der Waals surface area contributed by atoms with Crippen molar-refractivity contribution in [1.29, 1.82) is 0 Å². The molecule has 0 aromatic carbocycles. The van der Waals surface area contributed by atoms with Crippen LogP contribution in [0.5, 0.6) is 0 Å². The number of esters is 1. The molecule has 0 bridgehead atoms. The van der Waals surface area contributed by atoms with Gasteiger partial charge < -0.3 is 19.5 Å². The van der Waals surface area contributed by atoms with Gasteiger partial charge in [-0.05, 0) is 11.8 Å². The fourth-order valence-electron chi connectivity index (χ4n) is 2.50. The van der Waals surface area contributed by atoms with Crippen molar-refractivity contribution in [2.75, 3.05) is 26.9 Å². The van der Waals surface area contributed by atoms with Crippen molar-refractivity contribution in [3.63, 3.8) is 0 Å². The van der Waals surface area contributed by atoms with Crippen LogP contribution in [0.15, 0.2) is 0 Å². The maximum atomic E-state index is 12.3. The topological polar surface area (TPSA) is 73.9 Å². The summed E-state index contributed by atoms with van der Waals surface area (Å²) in [6, 6.07) is -0.744. The van der Waals surface area contributed by atoms with Gasteiger partial charge in [-0.25, -0.2) is 9.59 Å². The maximum Gasteiger partial charge on any atom is 0.407 e. The second kappa shape index (κ2) is 14.8. The Labute approximate surface area is 159 Å². The first kappa shape index (κ1) is 24.7. The summed E-state index contributed by atoms with van der Waals surface area (Å²) < 4.78 is 15.2. The fraction of sp³-hybridized carbons (Fsp3) is 0.900. The summed E-state index contributed by atoms with van der Waals surface area (Å²) in [5.41, 5.74) is -0.462. The molecule has 154 valence electrons. The molecule has 1 atom stereocenters. The molecule has 6 heteroatoms. The van der Waals surface area contributed by atoms with Crippen molar-refractivity contribution >= 4 is 12.1 Å². The van der Waals surface area contributed by atoms with Crippen molar-refractivity contribution in [1.82, 2.24) is 5.32 Å². The van der Waals surface area contributed by atoms with Gasteiger partial charge in [0, 0.05) is 7.11 Å². The number of ether oxygens (including phenoxy) is 3. The standard InChI is InChI=1S/C20H39NO5/c1-6-7-8-9-10-11-12-13-14-25-18(22)17(20(2,3)4)21-19(23)26-16-15-24-5/h17H,6-16H2,1-5H3,(H,21,23). The van der Waals surface area contributed by atoms with Gasteiger partial charge in [-0.1, -0.05) is 72.6 Å². The lowest BCUT2D eigenvalue weighted by atomic mass is 9.87. The molecule has 1 unspecified atom stereocenters. The Balaban J connectivity index is 4.07. The minimum Gasteiger partial charge on any atom is -0.464 e. The Morgan fingerprint density at radius 1 is 0.846 bits per heavy atom. The molecule has 0 aliphatic rings. The van der Waals surface area contributed by atoms with E-state index in [-0.39, 0.29) is 6.61 Å². The third-order valence-corrected chi connectivity index (χ3v) is 4.13. The lowest BCUT2D eigenvalue weighted by molar-refractivity contribution is -0.149. The number of rotatable bonds is 14. The number of nitrogens with one attached hydrogen (secondary N) is 1. The minimum atomic E-state index is -0.744. The third kappa shape index (κ3) is 13.0. The van der Waals surface area contributed by atoms with Gasteiger partial charge in [0.1, 0.15) is 12.6 Å². The summed E-state index contributed by atoms with van der Waals surface area (Å²) in [5, 5.41) is 2.61. The highest BCUT2D eigenvalue weighted by Gasteiger charge is 2.34. The Hall–Kier alpha value is -1.30. The molecule has 0 rings (SSSR count). The fourth-order valence-corrected chi connectivity index (χ4v) is 2.50. The van der Waals surface area contributed by atoms with Crippen LogP contribution in [0.3, 0.4) is 0 Å². The molecule has 0 fully saturated rings. The second-order valence-electron chi connectivity index (χ2n) is 7.71. The van der Waals surface area contributed by atoms with Gasteiger partial charge in [0.25, 0.3) is 0 Å². The molecule has 0 spiro atoms. The van der Waals surface area contributed by atoms with E-state index in [0.717, 1.165) is 12.8 Å². The van der Waals surface area contributed by atoms with Gasteiger partial charge in [0.2, 0.25) is 0 Å². The molecule has 0 radical (unpaired) electrons. The molecule has 0 saturated carbocycles. The first-order valence-electron chi connectivity index (χ1n) is 9.91. The molecular formula is C20H39NO5. The smallest absolute Gasteiger partial charge is 0.407 e. The summed E-state index contributed by atoms with van der Waals surface area (Å²) in [4.78, 5) is 24.2. The van der Waals surface area contributed by atoms with E-state index in [1.807, 2.05) is 20.8 Å². The van der Waals surface area contributed by atoms with Crippen LogP contribution in [-0.2, 0) is 19.0 Å². The van der Waals surface area contributed by atoms with E-state index in [2.05, 4.69) is 12.2 Å². The Morgan fingerprint density at radius 3 is 1.96 bits per heavy atom. The van der Waals surface area contributed by atoms with E-state index >= 15 is 0 Å². The summed E-state index contributed by atoms with van der Waals surface area (Å²) in [6.45, 7) is 8.71. The van der Waals surface area contributed by atoms with Gasteiger partial charge in [0.05, 0.1) is 13.2 Å². The number of carbonyl (C=O) groups excluding carboxylic acids is 2. The molecule has 0 saturated heterocycles. The number of carbonyl (C=O) groups is 2.